The topological polar surface area (TPSA) is 30.7 Å². The molecule has 72 valence electrons. The fourth-order valence-electron chi connectivity index (χ4n) is 1.30. The van der Waals surface area contributed by atoms with Crippen LogP contribution in [0.5, 0.6) is 0 Å². The predicted molar refractivity (Wildman–Crippen MR) is 56.2 cm³/mol. The van der Waals surface area contributed by atoms with Crippen molar-refractivity contribution in [1.82, 2.24) is 14.8 Å². The van der Waals surface area contributed by atoms with E-state index >= 15 is 0 Å². The van der Waals surface area contributed by atoms with Gasteiger partial charge in [0.1, 0.15) is 0 Å². The van der Waals surface area contributed by atoms with E-state index in [-0.39, 0.29) is 0 Å². The van der Waals surface area contributed by atoms with Crippen molar-refractivity contribution in [3.05, 3.63) is 35.1 Å². The second-order valence-electron chi connectivity index (χ2n) is 3.14. The van der Waals surface area contributed by atoms with Crippen molar-refractivity contribution in [1.29, 1.82) is 0 Å². The summed E-state index contributed by atoms with van der Waals surface area (Å²) in [4.78, 5) is 4.16. The van der Waals surface area contributed by atoms with Gasteiger partial charge in [0.2, 0.25) is 5.28 Å². The quantitative estimate of drug-likeness (QED) is 0.719. The molecule has 0 aliphatic heterocycles. The highest BCUT2D eigenvalue weighted by molar-refractivity contribution is 6.28. The largest absolute Gasteiger partial charge is 0.239 e. The highest BCUT2D eigenvalue weighted by Crippen LogP contribution is 2.20. The van der Waals surface area contributed by atoms with Crippen LogP contribution >= 0.6 is 11.6 Å². The molecular weight excluding hydrogens is 198 g/mol. The van der Waals surface area contributed by atoms with Crippen molar-refractivity contribution in [2.24, 2.45) is 7.05 Å². The zero-order valence-corrected chi connectivity index (χ0v) is 8.78. The first-order valence-corrected chi connectivity index (χ1v) is 4.69. The molecule has 0 saturated heterocycles. The van der Waals surface area contributed by atoms with Crippen LogP contribution in [-0.2, 0) is 7.05 Å². The average Bonchev–Trinajstić information content (AvgIpc) is 2.48. The van der Waals surface area contributed by atoms with Crippen molar-refractivity contribution in [2.75, 3.05) is 0 Å². The fraction of sp³-hybridized carbons (Fsp3) is 0.200. The Morgan fingerprint density at radius 3 is 2.57 bits per heavy atom. The number of aromatic nitrogens is 3. The Morgan fingerprint density at radius 2 is 2.00 bits per heavy atom. The van der Waals surface area contributed by atoms with Gasteiger partial charge in [-0.15, -0.1) is 5.10 Å². The van der Waals surface area contributed by atoms with Crippen LogP contribution in [0.25, 0.3) is 11.4 Å². The predicted octanol–water partition coefficient (Wildman–Crippen LogP) is 2.44. The molecule has 0 fully saturated rings. The highest BCUT2D eigenvalue weighted by Gasteiger charge is 2.08. The summed E-state index contributed by atoms with van der Waals surface area (Å²) in [7, 11) is 1.77. The lowest BCUT2D eigenvalue weighted by Crippen LogP contribution is -1.90. The van der Waals surface area contributed by atoms with Crippen molar-refractivity contribution < 1.29 is 0 Å². The lowest BCUT2D eigenvalue weighted by molar-refractivity contribution is 0.769. The van der Waals surface area contributed by atoms with Gasteiger partial charge in [-0.1, -0.05) is 24.3 Å². The van der Waals surface area contributed by atoms with Crippen molar-refractivity contribution in [3.8, 4) is 11.4 Å². The van der Waals surface area contributed by atoms with Crippen LogP contribution in [0.1, 0.15) is 5.56 Å². The van der Waals surface area contributed by atoms with Crippen LogP contribution in [0.3, 0.4) is 0 Å². The Hall–Kier alpha value is -1.35. The second kappa shape index (κ2) is 3.42. The Balaban J connectivity index is 2.55. The van der Waals surface area contributed by atoms with Gasteiger partial charge in [-0.25, -0.2) is 4.68 Å². The van der Waals surface area contributed by atoms with E-state index < -0.39 is 0 Å². The summed E-state index contributed by atoms with van der Waals surface area (Å²) in [5, 5.41) is 4.62. The summed E-state index contributed by atoms with van der Waals surface area (Å²) in [6.07, 6.45) is 0. The van der Waals surface area contributed by atoms with Crippen molar-refractivity contribution in [3.63, 3.8) is 0 Å². The smallest absolute Gasteiger partial charge is 0.221 e. The molecule has 14 heavy (non-hydrogen) atoms. The molecular formula is C10H10ClN3. The third-order valence-electron chi connectivity index (χ3n) is 2.10. The molecule has 0 saturated carbocycles. The van der Waals surface area contributed by atoms with E-state index in [1.807, 2.05) is 31.2 Å². The molecule has 3 nitrogen and oxygen atoms in total. The van der Waals surface area contributed by atoms with Gasteiger partial charge in [0, 0.05) is 12.6 Å². The molecule has 1 heterocycles. The number of benzene rings is 1. The van der Waals surface area contributed by atoms with Crippen molar-refractivity contribution >= 4 is 11.6 Å². The second-order valence-corrected chi connectivity index (χ2v) is 3.48. The van der Waals surface area contributed by atoms with Gasteiger partial charge in [0.05, 0.1) is 0 Å². The van der Waals surface area contributed by atoms with E-state index in [1.165, 1.54) is 0 Å². The number of rotatable bonds is 1. The average molecular weight is 208 g/mol. The molecule has 0 N–H and O–H groups in total. The normalized spacial score (nSPS) is 10.5. The fourth-order valence-corrected chi connectivity index (χ4v) is 1.42. The summed E-state index contributed by atoms with van der Waals surface area (Å²) >= 11 is 5.82. The van der Waals surface area contributed by atoms with Crippen LogP contribution < -0.4 is 0 Å². The minimum atomic E-state index is 0.406. The molecule has 0 bridgehead atoms. The maximum atomic E-state index is 5.82. The van der Waals surface area contributed by atoms with E-state index in [9.17, 15) is 0 Å². The van der Waals surface area contributed by atoms with E-state index in [0.717, 1.165) is 11.1 Å². The number of nitrogens with zero attached hydrogens (tertiary/aromatic N) is 3. The number of aryl methyl sites for hydroxylation is 2. The molecule has 0 atom stereocenters. The third-order valence-corrected chi connectivity index (χ3v) is 2.43. The van der Waals surface area contributed by atoms with E-state index in [4.69, 9.17) is 11.6 Å². The van der Waals surface area contributed by atoms with Crippen LogP contribution in [0.15, 0.2) is 24.3 Å². The van der Waals surface area contributed by atoms with Crippen LogP contribution in [0.4, 0.5) is 0 Å². The van der Waals surface area contributed by atoms with Gasteiger partial charge in [-0.3, -0.25) is 0 Å². The van der Waals surface area contributed by atoms with Gasteiger partial charge in [0.25, 0.3) is 0 Å². The molecule has 2 rings (SSSR count). The maximum Gasteiger partial charge on any atom is 0.221 e. The first kappa shape index (κ1) is 9.21. The molecule has 0 radical (unpaired) electrons. The van der Waals surface area contributed by atoms with Gasteiger partial charge >= 0.3 is 0 Å². The zero-order chi connectivity index (χ0) is 10.1. The number of hydrogen-bond acceptors (Lipinski definition) is 2. The summed E-state index contributed by atoms with van der Waals surface area (Å²) in [6.45, 7) is 2.03. The Kier molecular flexibility index (Phi) is 2.25. The first-order valence-electron chi connectivity index (χ1n) is 4.31. The zero-order valence-electron chi connectivity index (χ0n) is 8.03. The Labute approximate surface area is 87.3 Å². The molecule has 1 aromatic carbocycles. The van der Waals surface area contributed by atoms with E-state index in [0.29, 0.717) is 11.1 Å². The molecule has 0 aliphatic carbocycles. The SMILES string of the molecule is Cc1ccccc1-c1nc(Cl)n(C)n1. The van der Waals surface area contributed by atoms with Gasteiger partial charge in [-0.2, -0.15) is 4.98 Å². The minimum absolute atomic E-state index is 0.406. The molecule has 0 aliphatic rings. The molecule has 0 amide bonds. The summed E-state index contributed by atoms with van der Waals surface area (Å²) in [5.74, 6) is 0.676. The third kappa shape index (κ3) is 1.51. The Bertz CT molecular complexity index is 443. The van der Waals surface area contributed by atoms with E-state index in [1.54, 1.807) is 11.7 Å². The summed E-state index contributed by atoms with van der Waals surface area (Å²) in [6, 6.07) is 7.97. The molecule has 0 spiro atoms. The molecule has 2 aromatic rings. The van der Waals surface area contributed by atoms with Crippen LogP contribution in [-0.4, -0.2) is 14.8 Å². The molecule has 0 unspecified atom stereocenters. The van der Waals surface area contributed by atoms with Crippen LogP contribution in [0.2, 0.25) is 5.28 Å². The number of halogens is 1. The summed E-state index contributed by atoms with van der Waals surface area (Å²) < 4.78 is 1.56. The lowest BCUT2D eigenvalue weighted by atomic mass is 10.1. The molecule has 4 heteroatoms. The van der Waals surface area contributed by atoms with Gasteiger partial charge in [0.15, 0.2) is 5.82 Å². The van der Waals surface area contributed by atoms with Crippen molar-refractivity contribution in [2.45, 2.75) is 6.92 Å². The van der Waals surface area contributed by atoms with Gasteiger partial charge < -0.3 is 0 Å². The number of hydrogen-bond donors (Lipinski definition) is 0. The monoisotopic (exact) mass is 207 g/mol. The lowest BCUT2D eigenvalue weighted by Gasteiger charge is -1.98. The Morgan fingerprint density at radius 1 is 1.29 bits per heavy atom. The van der Waals surface area contributed by atoms with E-state index in [2.05, 4.69) is 10.1 Å². The minimum Gasteiger partial charge on any atom is -0.239 e. The standard InChI is InChI=1S/C10H10ClN3/c1-7-5-3-4-6-8(7)9-12-10(11)14(2)13-9/h3-6H,1-2H3. The van der Waals surface area contributed by atoms with Gasteiger partial charge in [-0.05, 0) is 24.1 Å². The van der Waals surface area contributed by atoms with Crippen LogP contribution in [0, 0.1) is 6.92 Å². The highest BCUT2D eigenvalue weighted by atomic mass is 35.5. The molecule has 1 aromatic heterocycles. The first-order chi connectivity index (χ1) is 6.68. The summed E-state index contributed by atoms with van der Waals surface area (Å²) in [5.41, 5.74) is 2.17. The maximum absolute atomic E-state index is 5.82.